The van der Waals surface area contributed by atoms with Crippen LogP contribution in [-0.4, -0.2) is 16.5 Å². The molecule has 2 rings (SSSR count). The van der Waals surface area contributed by atoms with Gasteiger partial charge in [-0.05, 0) is 33.2 Å². The molecule has 0 spiro atoms. The molecule has 1 fully saturated rings. The first-order valence-electron chi connectivity index (χ1n) is 5.79. The van der Waals surface area contributed by atoms with Crippen molar-refractivity contribution in [2.45, 2.75) is 45.6 Å². The van der Waals surface area contributed by atoms with Crippen LogP contribution in [0.25, 0.3) is 0 Å². The van der Waals surface area contributed by atoms with Gasteiger partial charge < -0.3 is 5.32 Å². The lowest BCUT2D eigenvalue weighted by Gasteiger charge is -2.14. The van der Waals surface area contributed by atoms with Gasteiger partial charge in [-0.2, -0.15) is 0 Å². The third-order valence-electron chi connectivity index (χ3n) is 2.96. The van der Waals surface area contributed by atoms with Crippen molar-refractivity contribution in [2.75, 3.05) is 6.54 Å². The fourth-order valence-corrected chi connectivity index (χ4v) is 1.87. The van der Waals surface area contributed by atoms with E-state index in [-0.39, 0.29) is 0 Å². The quantitative estimate of drug-likeness (QED) is 0.819. The molecule has 1 aromatic rings. The highest BCUT2D eigenvalue weighted by molar-refractivity contribution is 5.21. The number of aromatic nitrogens is 2. The summed E-state index contributed by atoms with van der Waals surface area (Å²) in [7, 11) is 0. The summed E-state index contributed by atoms with van der Waals surface area (Å²) in [5.74, 6) is 1.69. The molecule has 1 aliphatic carbocycles. The molecule has 0 saturated heterocycles. The minimum atomic E-state index is 0.350. The first-order valence-corrected chi connectivity index (χ1v) is 5.79. The maximum atomic E-state index is 4.59. The Kier molecular flexibility index (Phi) is 3.00. The Morgan fingerprint density at radius 3 is 2.80 bits per heavy atom. The maximum absolute atomic E-state index is 4.59. The average molecular weight is 205 g/mol. The van der Waals surface area contributed by atoms with Crippen molar-refractivity contribution in [2.24, 2.45) is 0 Å². The van der Waals surface area contributed by atoms with Crippen LogP contribution in [0, 0.1) is 6.92 Å². The number of nitrogens with one attached hydrogen (secondary N) is 1. The Balaban J connectivity index is 2.17. The van der Waals surface area contributed by atoms with Gasteiger partial charge in [0.05, 0.1) is 0 Å². The normalized spacial score (nSPS) is 17.8. The Labute approximate surface area is 91.3 Å². The third kappa shape index (κ3) is 2.34. The largest absolute Gasteiger partial charge is 0.310 e. The standard InChI is InChI=1S/C12H19N3/c1-4-13-8(2)11-7-14-12(10-5-6-10)15-9(11)3/h7-8,10,13H,4-6H2,1-3H3. The Hall–Kier alpha value is -0.960. The highest BCUT2D eigenvalue weighted by Gasteiger charge is 2.27. The molecule has 15 heavy (non-hydrogen) atoms. The summed E-state index contributed by atoms with van der Waals surface area (Å²) >= 11 is 0. The third-order valence-corrected chi connectivity index (χ3v) is 2.96. The van der Waals surface area contributed by atoms with Crippen molar-refractivity contribution in [1.82, 2.24) is 15.3 Å². The lowest BCUT2D eigenvalue weighted by Crippen LogP contribution is -2.19. The van der Waals surface area contributed by atoms with Crippen LogP contribution < -0.4 is 5.32 Å². The number of rotatable bonds is 4. The molecule has 0 radical (unpaired) electrons. The van der Waals surface area contributed by atoms with Gasteiger partial charge in [0.2, 0.25) is 0 Å². The number of hydrogen-bond acceptors (Lipinski definition) is 3. The fraction of sp³-hybridized carbons (Fsp3) is 0.667. The van der Waals surface area contributed by atoms with Gasteiger partial charge in [-0.25, -0.2) is 9.97 Å². The van der Waals surface area contributed by atoms with Crippen LogP contribution in [0.15, 0.2) is 6.20 Å². The van der Waals surface area contributed by atoms with E-state index in [1.165, 1.54) is 18.4 Å². The summed E-state index contributed by atoms with van der Waals surface area (Å²) in [5, 5.41) is 3.39. The summed E-state index contributed by atoms with van der Waals surface area (Å²) < 4.78 is 0. The van der Waals surface area contributed by atoms with Gasteiger partial charge in [-0.3, -0.25) is 0 Å². The summed E-state index contributed by atoms with van der Waals surface area (Å²) in [4.78, 5) is 9.04. The average Bonchev–Trinajstić information content (AvgIpc) is 3.01. The van der Waals surface area contributed by atoms with E-state index in [1.54, 1.807) is 0 Å². The predicted molar refractivity (Wildman–Crippen MR) is 60.8 cm³/mol. The smallest absolute Gasteiger partial charge is 0.131 e. The van der Waals surface area contributed by atoms with Gasteiger partial charge in [0.15, 0.2) is 0 Å². The molecular formula is C12H19N3. The fourth-order valence-electron chi connectivity index (χ4n) is 1.87. The Morgan fingerprint density at radius 1 is 1.53 bits per heavy atom. The second kappa shape index (κ2) is 4.27. The summed E-state index contributed by atoms with van der Waals surface area (Å²) in [5.41, 5.74) is 2.35. The highest BCUT2D eigenvalue weighted by Crippen LogP contribution is 2.38. The molecular weight excluding hydrogens is 186 g/mol. The summed E-state index contributed by atoms with van der Waals surface area (Å²) in [6, 6.07) is 0.350. The lowest BCUT2D eigenvalue weighted by atomic mass is 10.1. The SMILES string of the molecule is CCNC(C)c1cnc(C2CC2)nc1C. The molecule has 0 aliphatic heterocycles. The van der Waals surface area contributed by atoms with Gasteiger partial charge in [0, 0.05) is 29.4 Å². The molecule has 1 aromatic heterocycles. The predicted octanol–water partition coefficient (Wildman–Crippen LogP) is 2.33. The van der Waals surface area contributed by atoms with E-state index in [4.69, 9.17) is 0 Å². The summed E-state index contributed by atoms with van der Waals surface area (Å²) in [6.45, 7) is 7.33. The Bertz CT molecular complexity index is 345. The molecule has 82 valence electrons. The van der Waals surface area contributed by atoms with Crippen LogP contribution in [-0.2, 0) is 0 Å². The molecule has 0 aromatic carbocycles. The van der Waals surface area contributed by atoms with E-state index >= 15 is 0 Å². The zero-order valence-corrected chi connectivity index (χ0v) is 9.75. The monoisotopic (exact) mass is 205 g/mol. The van der Waals surface area contributed by atoms with Gasteiger partial charge in [-0.1, -0.05) is 6.92 Å². The minimum absolute atomic E-state index is 0.350. The number of nitrogens with zero attached hydrogens (tertiary/aromatic N) is 2. The molecule has 0 amide bonds. The second-order valence-corrected chi connectivity index (χ2v) is 4.32. The molecule has 0 bridgehead atoms. The molecule has 3 nitrogen and oxygen atoms in total. The van der Waals surface area contributed by atoms with Crippen molar-refractivity contribution < 1.29 is 0 Å². The van der Waals surface area contributed by atoms with Crippen LogP contribution in [0.5, 0.6) is 0 Å². The molecule has 1 N–H and O–H groups in total. The van der Waals surface area contributed by atoms with E-state index in [2.05, 4.69) is 36.1 Å². The van der Waals surface area contributed by atoms with Gasteiger partial charge >= 0.3 is 0 Å². The molecule has 1 atom stereocenters. The van der Waals surface area contributed by atoms with Crippen LogP contribution in [0.4, 0.5) is 0 Å². The van der Waals surface area contributed by atoms with Gasteiger partial charge in [0.25, 0.3) is 0 Å². The van der Waals surface area contributed by atoms with Gasteiger partial charge in [0.1, 0.15) is 5.82 Å². The molecule has 1 saturated carbocycles. The van der Waals surface area contributed by atoms with Crippen molar-refractivity contribution in [3.8, 4) is 0 Å². The molecule has 1 unspecified atom stereocenters. The summed E-state index contributed by atoms with van der Waals surface area (Å²) in [6.07, 6.45) is 4.52. The first kappa shape index (κ1) is 10.6. The van der Waals surface area contributed by atoms with Crippen molar-refractivity contribution in [3.63, 3.8) is 0 Å². The lowest BCUT2D eigenvalue weighted by molar-refractivity contribution is 0.588. The van der Waals surface area contributed by atoms with E-state index in [0.717, 1.165) is 18.1 Å². The van der Waals surface area contributed by atoms with Crippen molar-refractivity contribution >= 4 is 0 Å². The van der Waals surface area contributed by atoms with Gasteiger partial charge in [-0.15, -0.1) is 0 Å². The van der Waals surface area contributed by atoms with Crippen molar-refractivity contribution in [1.29, 1.82) is 0 Å². The molecule has 3 heteroatoms. The van der Waals surface area contributed by atoms with Crippen LogP contribution in [0.2, 0.25) is 0 Å². The highest BCUT2D eigenvalue weighted by atomic mass is 14.9. The van der Waals surface area contributed by atoms with E-state index in [0.29, 0.717) is 12.0 Å². The van der Waals surface area contributed by atoms with E-state index < -0.39 is 0 Å². The zero-order chi connectivity index (χ0) is 10.8. The maximum Gasteiger partial charge on any atom is 0.131 e. The van der Waals surface area contributed by atoms with E-state index in [9.17, 15) is 0 Å². The van der Waals surface area contributed by atoms with Crippen LogP contribution in [0.3, 0.4) is 0 Å². The zero-order valence-electron chi connectivity index (χ0n) is 9.75. The minimum Gasteiger partial charge on any atom is -0.310 e. The van der Waals surface area contributed by atoms with E-state index in [1.807, 2.05) is 6.20 Å². The van der Waals surface area contributed by atoms with Crippen LogP contribution in [0.1, 0.15) is 55.7 Å². The second-order valence-electron chi connectivity index (χ2n) is 4.32. The number of hydrogen-bond donors (Lipinski definition) is 1. The van der Waals surface area contributed by atoms with Crippen molar-refractivity contribution in [3.05, 3.63) is 23.3 Å². The first-order chi connectivity index (χ1) is 7.22. The number of aryl methyl sites for hydroxylation is 1. The topological polar surface area (TPSA) is 37.8 Å². The Morgan fingerprint density at radius 2 is 2.27 bits per heavy atom. The molecule has 1 aliphatic rings. The van der Waals surface area contributed by atoms with Crippen LogP contribution >= 0.6 is 0 Å². The molecule has 1 heterocycles.